The van der Waals surface area contributed by atoms with Crippen LogP contribution in [0.25, 0.3) is 0 Å². The molecule has 1 atom stereocenters. The molecule has 478 valence electrons. The molecule has 0 saturated carbocycles. The standard InChI is InChI=1S/C75H142O6/c1-4-7-10-13-16-19-22-25-28-31-33-34-35-36-37-38-39-40-42-44-47-50-53-56-59-62-65-68-74(77)80-71-72(70-79-73(76)67-64-61-58-55-52-49-46-43-30-27-24-21-18-15-12-9-6-3)81-75(78)69-66-63-60-57-54-51-48-45-41-32-29-26-23-20-17-14-11-8-5-2/h26,29,31,33,72H,4-25,27-28,30,32,34-71H2,1-3H3/b29-26-,33-31-. The summed E-state index contributed by atoms with van der Waals surface area (Å²) in [5, 5.41) is 0. The third-order valence-electron chi connectivity index (χ3n) is 16.9. The molecule has 0 aromatic rings. The summed E-state index contributed by atoms with van der Waals surface area (Å²) in [7, 11) is 0. The van der Waals surface area contributed by atoms with Crippen molar-refractivity contribution in [2.45, 2.75) is 425 Å². The fourth-order valence-corrected chi connectivity index (χ4v) is 11.4. The zero-order chi connectivity index (χ0) is 58.5. The van der Waals surface area contributed by atoms with E-state index in [1.807, 2.05) is 0 Å². The van der Waals surface area contributed by atoms with Crippen LogP contribution >= 0.6 is 0 Å². The van der Waals surface area contributed by atoms with Gasteiger partial charge in [-0.2, -0.15) is 0 Å². The summed E-state index contributed by atoms with van der Waals surface area (Å²) in [5.74, 6) is -0.832. The molecule has 0 heterocycles. The quantitative estimate of drug-likeness (QED) is 0.0261. The molecule has 0 saturated heterocycles. The minimum atomic E-state index is -0.770. The van der Waals surface area contributed by atoms with Gasteiger partial charge < -0.3 is 14.2 Å². The Kier molecular flexibility index (Phi) is 68.5. The van der Waals surface area contributed by atoms with E-state index in [-0.39, 0.29) is 31.1 Å². The fourth-order valence-electron chi connectivity index (χ4n) is 11.4. The van der Waals surface area contributed by atoms with Crippen molar-refractivity contribution in [1.29, 1.82) is 0 Å². The first kappa shape index (κ1) is 78.9. The molecule has 1 unspecified atom stereocenters. The summed E-state index contributed by atoms with van der Waals surface area (Å²) in [6.45, 7) is 6.73. The van der Waals surface area contributed by atoms with Crippen LogP contribution in [0, 0.1) is 0 Å². The van der Waals surface area contributed by atoms with Gasteiger partial charge in [0.25, 0.3) is 0 Å². The van der Waals surface area contributed by atoms with E-state index in [2.05, 4.69) is 45.1 Å². The van der Waals surface area contributed by atoms with Gasteiger partial charge in [-0.3, -0.25) is 14.4 Å². The Morgan fingerprint density at radius 3 is 0.617 bits per heavy atom. The zero-order valence-electron chi connectivity index (χ0n) is 55.1. The Balaban J connectivity index is 4.24. The van der Waals surface area contributed by atoms with Gasteiger partial charge in [-0.15, -0.1) is 0 Å². The van der Waals surface area contributed by atoms with Crippen LogP contribution in [0.3, 0.4) is 0 Å². The highest BCUT2D eigenvalue weighted by molar-refractivity contribution is 5.71. The molecular weight excluding hydrogens is 997 g/mol. The summed E-state index contributed by atoms with van der Waals surface area (Å²) in [4.78, 5) is 38.5. The molecule has 0 fully saturated rings. The maximum atomic E-state index is 13.0. The summed E-state index contributed by atoms with van der Waals surface area (Å²) in [6.07, 6.45) is 86.4. The van der Waals surface area contributed by atoms with E-state index in [1.54, 1.807) is 0 Å². The molecule has 0 aromatic carbocycles. The molecule has 0 aliphatic heterocycles. The number of carbonyl (C=O) groups excluding carboxylic acids is 3. The lowest BCUT2D eigenvalue weighted by atomic mass is 10.0. The molecule has 0 rings (SSSR count). The maximum Gasteiger partial charge on any atom is 0.306 e. The maximum absolute atomic E-state index is 13.0. The monoisotopic (exact) mass is 1140 g/mol. The second kappa shape index (κ2) is 70.4. The first-order valence-corrected chi connectivity index (χ1v) is 36.8. The highest BCUT2D eigenvalue weighted by Crippen LogP contribution is 2.19. The number of carbonyl (C=O) groups is 3. The van der Waals surface area contributed by atoms with Crippen LogP contribution in [0.5, 0.6) is 0 Å². The van der Waals surface area contributed by atoms with Crippen LogP contribution in [0.4, 0.5) is 0 Å². The Morgan fingerprint density at radius 2 is 0.407 bits per heavy atom. The predicted molar refractivity (Wildman–Crippen MR) is 353 cm³/mol. The Hall–Kier alpha value is -2.11. The zero-order valence-corrected chi connectivity index (χ0v) is 55.1. The fraction of sp³-hybridized carbons (Fsp3) is 0.907. The van der Waals surface area contributed by atoms with E-state index in [0.717, 1.165) is 57.8 Å². The van der Waals surface area contributed by atoms with Gasteiger partial charge in [0, 0.05) is 19.3 Å². The van der Waals surface area contributed by atoms with Crippen molar-refractivity contribution in [3.63, 3.8) is 0 Å². The third-order valence-corrected chi connectivity index (χ3v) is 16.9. The molecule has 81 heavy (non-hydrogen) atoms. The van der Waals surface area contributed by atoms with Crippen molar-refractivity contribution in [3.05, 3.63) is 24.3 Å². The average molecular weight is 1140 g/mol. The molecule has 0 N–H and O–H groups in total. The second-order valence-electron chi connectivity index (χ2n) is 25.2. The van der Waals surface area contributed by atoms with Gasteiger partial charge in [-0.25, -0.2) is 0 Å². The van der Waals surface area contributed by atoms with Crippen LogP contribution in [-0.4, -0.2) is 37.2 Å². The minimum Gasteiger partial charge on any atom is -0.462 e. The number of rotatable bonds is 69. The van der Waals surface area contributed by atoms with Crippen LogP contribution in [0.15, 0.2) is 24.3 Å². The van der Waals surface area contributed by atoms with Crippen LogP contribution < -0.4 is 0 Å². The van der Waals surface area contributed by atoms with Crippen molar-refractivity contribution in [3.8, 4) is 0 Å². The molecule has 0 aliphatic rings. The summed E-state index contributed by atoms with van der Waals surface area (Å²) >= 11 is 0. The van der Waals surface area contributed by atoms with E-state index >= 15 is 0 Å². The second-order valence-corrected chi connectivity index (χ2v) is 25.2. The largest absolute Gasteiger partial charge is 0.462 e. The minimum absolute atomic E-state index is 0.0654. The lowest BCUT2D eigenvalue weighted by Crippen LogP contribution is -2.30. The van der Waals surface area contributed by atoms with Crippen LogP contribution in [0.2, 0.25) is 0 Å². The lowest BCUT2D eigenvalue weighted by molar-refractivity contribution is -0.167. The van der Waals surface area contributed by atoms with Crippen molar-refractivity contribution in [2.75, 3.05) is 13.2 Å². The molecule has 6 nitrogen and oxygen atoms in total. The number of ether oxygens (including phenoxy) is 3. The van der Waals surface area contributed by atoms with Gasteiger partial charge in [0.05, 0.1) is 0 Å². The van der Waals surface area contributed by atoms with Crippen LogP contribution in [-0.2, 0) is 28.6 Å². The number of hydrogen-bond donors (Lipinski definition) is 0. The molecular formula is C75H142O6. The topological polar surface area (TPSA) is 78.9 Å². The number of hydrogen-bond acceptors (Lipinski definition) is 6. The van der Waals surface area contributed by atoms with Crippen molar-refractivity contribution < 1.29 is 28.6 Å². The van der Waals surface area contributed by atoms with Gasteiger partial charge in [-0.05, 0) is 70.6 Å². The number of allylic oxidation sites excluding steroid dienone is 4. The van der Waals surface area contributed by atoms with Gasteiger partial charge in [0.1, 0.15) is 13.2 Å². The normalized spacial score (nSPS) is 12.1. The van der Waals surface area contributed by atoms with E-state index < -0.39 is 6.10 Å². The molecule has 0 aromatic heterocycles. The predicted octanol–water partition coefficient (Wildman–Crippen LogP) is 25.3. The van der Waals surface area contributed by atoms with Crippen molar-refractivity contribution in [1.82, 2.24) is 0 Å². The highest BCUT2D eigenvalue weighted by atomic mass is 16.6. The molecule has 0 radical (unpaired) electrons. The smallest absolute Gasteiger partial charge is 0.306 e. The SMILES string of the molecule is CCCCCCCC/C=C\CCCCCCCCCCCC(=O)OC(COC(=O)CCCCCCCCCCCCCCCCC/C=C\CCCCCCCCCC)COC(=O)CCCCCCCCCCCCCCCCCCC. The summed E-state index contributed by atoms with van der Waals surface area (Å²) < 4.78 is 17.0. The van der Waals surface area contributed by atoms with Gasteiger partial charge in [0.15, 0.2) is 6.10 Å². The van der Waals surface area contributed by atoms with Crippen molar-refractivity contribution >= 4 is 17.9 Å². The van der Waals surface area contributed by atoms with E-state index in [1.165, 1.54) is 321 Å². The Bertz CT molecular complexity index is 1310. The van der Waals surface area contributed by atoms with Gasteiger partial charge in [-0.1, -0.05) is 353 Å². The van der Waals surface area contributed by atoms with E-state index in [9.17, 15) is 14.4 Å². The molecule has 6 heteroatoms. The average Bonchev–Trinajstić information content (AvgIpc) is 3.47. The highest BCUT2D eigenvalue weighted by Gasteiger charge is 2.20. The number of unbranched alkanes of at least 4 members (excludes halogenated alkanes) is 54. The molecule has 0 aliphatic carbocycles. The Labute approximate surface area is 506 Å². The third kappa shape index (κ3) is 68.6. The molecule has 0 amide bonds. The van der Waals surface area contributed by atoms with Gasteiger partial charge in [0.2, 0.25) is 0 Å². The summed E-state index contributed by atoms with van der Waals surface area (Å²) in [5.41, 5.74) is 0. The lowest BCUT2D eigenvalue weighted by Gasteiger charge is -2.18. The molecule has 0 spiro atoms. The van der Waals surface area contributed by atoms with Crippen molar-refractivity contribution in [2.24, 2.45) is 0 Å². The van der Waals surface area contributed by atoms with Gasteiger partial charge >= 0.3 is 17.9 Å². The van der Waals surface area contributed by atoms with E-state index in [0.29, 0.717) is 19.3 Å². The Morgan fingerprint density at radius 1 is 0.235 bits per heavy atom. The first-order chi connectivity index (χ1) is 40.0. The first-order valence-electron chi connectivity index (χ1n) is 36.8. The van der Waals surface area contributed by atoms with Crippen LogP contribution in [0.1, 0.15) is 419 Å². The van der Waals surface area contributed by atoms with E-state index in [4.69, 9.17) is 14.2 Å². The summed E-state index contributed by atoms with van der Waals surface area (Å²) in [6, 6.07) is 0. The number of esters is 3. The molecule has 0 bridgehead atoms.